The maximum Gasteiger partial charge on any atom is 0.152 e. The fraction of sp³-hybridized carbons (Fsp3) is 0.385. The molecule has 1 aliphatic heterocycles. The molecule has 0 saturated carbocycles. The summed E-state index contributed by atoms with van der Waals surface area (Å²) in [5.41, 5.74) is 2.57. The Kier molecular flexibility index (Phi) is 3.52. The van der Waals surface area contributed by atoms with E-state index in [2.05, 4.69) is 59.1 Å². The largest absolute Gasteiger partial charge is 0.362 e. The lowest BCUT2D eigenvalue weighted by Gasteiger charge is -2.31. The van der Waals surface area contributed by atoms with E-state index in [1.807, 2.05) is 13.4 Å². The van der Waals surface area contributed by atoms with Crippen LogP contribution in [0.25, 0.3) is 0 Å². The highest BCUT2D eigenvalue weighted by Crippen LogP contribution is 2.27. The Bertz CT molecular complexity index is 580. The maximum atomic E-state index is 4.17. The monoisotopic (exact) mass is 321 g/mol. The Labute approximate surface area is 120 Å². The van der Waals surface area contributed by atoms with Gasteiger partial charge in [0.2, 0.25) is 0 Å². The van der Waals surface area contributed by atoms with Gasteiger partial charge in [0, 0.05) is 29.8 Å². The third-order valence-corrected chi connectivity index (χ3v) is 3.89. The smallest absolute Gasteiger partial charge is 0.152 e. The molecule has 6 heteroatoms. The Balaban J connectivity index is 1.92. The first-order valence-corrected chi connectivity index (χ1v) is 7.12. The fourth-order valence-electron chi connectivity index (χ4n) is 2.44. The van der Waals surface area contributed by atoms with Crippen molar-refractivity contribution in [1.29, 1.82) is 0 Å². The minimum absolute atomic E-state index is 0.813. The summed E-state index contributed by atoms with van der Waals surface area (Å²) in [5, 5.41) is 11.4. The predicted octanol–water partition coefficient (Wildman–Crippen LogP) is 1.78. The van der Waals surface area contributed by atoms with Crippen LogP contribution in [0.2, 0.25) is 0 Å². The van der Waals surface area contributed by atoms with Gasteiger partial charge in [-0.2, -0.15) is 0 Å². The van der Waals surface area contributed by atoms with Crippen LogP contribution >= 0.6 is 15.9 Å². The summed E-state index contributed by atoms with van der Waals surface area (Å²) in [7, 11) is 1.97. The van der Waals surface area contributed by atoms with Crippen molar-refractivity contribution in [3.8, 4) is 0 Å². The van der Waals surface area contributed by atoms with E-state index < -0.39 is 0 Å². The van der Waals surface area contributed by atoms with Gasteiger partial charge in [0.05, 0.1) is 6.54 Å². The van der Waals surface area contributed by atoms with Crippen molar-refractivity contribution in [1.82, 2.24) is 20.1 Å². The van der Waals surface area contributed by atoms with E-state index in [0.717, 1.165) is 36.5 Å². The van der Waals surface area contributed by atoms with E-state index in [9.17, 15) is 0 Å². The highest BCUT2D eigenvalue weighted by atomic mass is 79.9. The Hall–Kier alpha value is -1.40. The van der Waals surface area contributed by atoms with Crippen molar-refractivity contribution in [3.05, 3.63) is 40.4 Å². The second-order valence-corrected chi connectivity index (χ2v) is 5.58. The molecule has 2 aromatic rings. The first-order chi connectivity index (χ1) is 9.28. The number of rotatable bonds is 3. The normalized spacial score (nSPS) is 14.5. The molecule has 0 bridgehead atoms. The zero-order valence-corrected chi connectivity index (χ0v) is 12.4. The molecule has 5 nitrogen and oxygen atoms in total. The molecule has 100 valence electrons. The van der Waals surface area contributed by atoms with Gasteiger partial charge in [-0.25, -0.2) is 0 Å². The zero-order valence-electron chi connectivity index (χ0n) is 10.8. The third-order valence-electron chi connectivity index (χ3n) is 3.39. The second kappa shape index (κ2) is 5.30. The van der Waals surface area contributed by atoms with Crippen LogP contribution in [0, 0.1) is 0 Å². The molecule has 1 aromatic carbocycles. The summed E-state index contributed by atoms with van der Waals surface area (Å²) in [6.45, 7) is 3.60. The van der Waals surface area contributed by atoms with Crippen LogP contribution in [-0.4, -0.2) is 28.4 Å². The molecule has 0 radical (unpaired) electrons. The molecule has 0 atom stereocenters. The van der Waals surface area contributed by atoms with Gasteiger partial charge in [-0.15, -0.1) is 10.2 Å². The molecule has 0 spiro atoms. The van der Waals surface area contributed by atoms with Crippen molar-refractivity contribution in [3.63, 3.8) is 0 Å². The number of benzene rings is 1. The molecule has 1 N–H and O–H groups in total. The number of anilines is 1. The van der Waals surface area contributed by atoms with Crippen LogP contribution in [0.5, 0.6) is 0 Å². The predicted molar refractivity (Wildman–Crippen MR) is 78.0 cm³/mol. The Morgan fingerprint density at radius 1 is 1.37 bits per heavy atom. The highest BCUT2D eigenvalue weighted by Gasteiger charge is 2.19. The van der Waals surface area contributed by atoms with Gasteiger partial charge in [-0.3, -0.25) is 0 Å². The van der Waals surface area contributed by atoms with Gasteiger partial charge in [-0.05, 0) is 24.7 Å². The van der Waals surface area contributed by atoms with Crippen LogP contribution in [0.15, 0.2) is 29.0 Å². The van der Waals surface area contributed by atoms with Crippen molar-refractivity contribution >= 4 is 21.6 Å². The highest BCUT2D eigenvalue weighted by molar-refractivity contribution is 9.10. The van der Waals surface area contributed by atoms with E-state index in [0.29, 0.717) is 0 Å². The molecule has 0 aliphatic carbocycles. The number of fused-ring (bicyclic) bond motifs is 1. The number of nitrogens with zero attached hydrogens (tertiary/aromatic N) is 4. The van der Waals surface area contributed by atoms with E-state index in [4.69, 9.17) is 0 Å². The fourth-order valence-corrected chi connectivity index (χ4v) is 2.79. The van der Waals surface area contributed by atoms with Crippen molar-refractivity contribution < 1.29 is 0 Å². The van der Waals surface area contributed by atoms with Gasteiger partial charge in [0.15, 0.2) is 5.82 Å². The quantitative estimate of drug-likeness (QED) is 0.936. The second-order valence-electron chi connectivity index (χ2n) is 4.67. The molecule has 0 saturated heterocycles. The molecular weight excluding hydrogens is 306 g/mol. The number of aromatic nitrogens is 3. The lowest BCUT2D eigenvalue weighted by atomic mass is 10.1. The SMILES string of the molecule is CNCc1ccc(Br)cc1N1CCn2cnnc2C1. The number of halogens is 1. The van der Waals surface area contributed by atoms with Crippen LogP contribution in [0.4, 0.5) is 5.69 Å². The molecule has 0 amide bonds. The molecule has 0 fully saturated rings. The molecule has 1 aromatic heterocycles. The van der Waals surface area contributed by atoms with Crippen LogP contribution in [0.3, 0.4) is 0 Å². The Morgan fingerprint density at radius 2 is 2.26 bits per heavy atom. The molecular formula is C13H16BrN5. The first-order valence-electron chi connectivity index (χ1n) is 6.32. The van der Waals surface area contributed by atoms with Gasteiger partial charge >= 0.3 is 0 Å². The molecule has 3 rings (SSSR count). The van der Waals surface area contributed by atoms with Gasteiger partial charge < -0.3 is 14.8 Å². The third kappa shape index (κ3) is 2.50. The zero-order chi connectivity index (χ0) is 13.2. The standard InChI is InChI=1S/C13H16BrN5/c1-15-7-10-2-3-11(14)6-12(10)18-4-5-19-9-16-17-13(19)8-18/h2-3,6,9,15H,4-5,7-8H2,1H3. The summed E-state index contributed by atoms with van der Waals surface area (Å²) < 4.78 is 3.22. The Morgan fingerprint density at radius 3 is 3.11 bits per heavy atom. The summed E-state index contributed by atoms with van der Waals surface area (Å²) in [4.78, 5) is 2.36. The lowest BCUT2D eigenvalue weighted by Crippen LogP contribution is -2.34. The average Bonchev–Trinajstić information content (AvgIpc) is 2.88. The summed E-state index contributed by atoms with van der Waals surface area (Å²) in [6.07, 6.45) is 1.81. The lowest BCUT2D eigenvalue weighted by molar-refractivity contribution is 0.558. The van der Waals surface area contributed by atoms with E-state index in [-0.39, 0.29) is 0 Å². The van der Waals surface area contributed by atoms with Crippen molar-refractivity contribution in [2.45, 2.75) is 19.6 Å². The number of nitrogens with one attached hydrogen (secondary N) is 1. The molecule has 0 unspecified atom stereocenters. The van der Waals surface area contributed by atoms with Crippen LogP contribution in [-0.2, 0) is 19.6 Å². The topological polar surface area (TPSA) is 46.0 Å². The average molecular weight is 322 g/mol. The summed E-state index contributed by atoms with van der Waals surface area (Å²) in [5.74, 6) is 1.03. The van der Waals surface area contributed by atoms with Gasteiger partial charge in [0.1, 0.15) is 6.33 Å². The minimum Gasteiger partial charge on any atom is -0.362 e. The summed E-state index contributed by atoms with van der Waals surface area (Å²) >= 11 is 3.56. The molecule has 1 aliphatic rings. The first kappa shape index (κ1) is 12.6. The van der Waals surface area contributed by atoms with Crippen LogP contribution in [0.1, 0.15) is 11.4 Å². The van der Waals surface area contributed by atoms with E-state index in [1.165, 1.54) is 11.3 Å². The summed E-state index contributed by atoms with van der Waals surface area (Å²) in [6, 6.07) is 6.43. The van der Waals surface area contributed by atoms with Gasteiger partial charge in [0.25, 0.3) is 0 Å². The maximum absolute atomic E-state index is 4.17. The molecule has 2 heterocycles. The number of hydrogen-bond acceptors (Lipinski definition) is 4. The van der Waals surface area contributed by atoms with Crippen LogP contribution < -0.4 is 10.2 Å². The number of hydrogen-bond donors (Lipinski definition) is 1. The molecule has 19 heavy (non-hydrogen) atoms. The van der Waals surface area contributed by atoms with Crippen molar-refractivity contribution in [2.75, 3.05) is 18.5 Å². The van der Waals surface area contributed by atoms with Crippen molar-refractivity contribution in [2.24, 2.45) is 0 Å². The van der Waals surface area contributed by atoms with E-state index >= 15 is 0 Å². The van der Waals surface area contributed by atoms with E-state index in [1.54, 1.807) is 0 Å². The van der Waals surface area contributed by atoms with Gasteiger partial charge in [-0.1, -0.05) is 22.0 Å². The minimum atomic E-state index is 0.813.